The van der Waals surface area contributed by atoms with Crippen LogP contribution in [0.4, 0.5) is 0 Å². The van der Waals surface area contributed by atoms with Gasteiger partial charge in [-0.1, -0.05) is 48.5 Å². The summed E-state index contributed by atoms with van der Waals surface area (Å²) in [6.07, 6.45) is 0.615. The zero-order valence-electron chi connectivity index (χ0n) is 9.25. The van der Waals surface area contributed by atoms with E-state index >= 15 is 0 Å². The SMILES string of the molecule is O=S(c1ccccc1)C(Cl)Cc1ccccc1. The lowest BCUT2D eigenvalue weighted by Gasteiger charge is -2.09. The van der Waals surface area contributed by atoms with E-state index in [-0.39, 0.29) is 4.71 Å². The van der Waals surface area contributed by atoms with Crippen LogP contribution in [-0.4, -0.2) is 8.92 Å². The van der Waals surface area contributed by atoms with Crippen molar-refractivity contribution in [2.75, 3.05) is 0 Å². The Morgan fingerprint density at radius 3 is 2.06 bits per heavy atom. The highest BCUT2D eigenvalue weighted by molar-refractivity contribution is 7.87. The van der Waals surface area contributed by atoms with Gasteiger partial charge in [-0.2, -0.15) is 0 Å². The van der Waals surface area contributed by atoms with Gasteiger partial charge in [0.05, 0.1) is 10.8 Å². The van der Waals surface area contributed by atoms with E-state index in [0.717, 1.165) is 10.5 Å². The van der Waals surface area contributed by atoms with Gasteiger partial charge in [0.1, 0.15) is 4.71 Å². The minimum Gasteiger partial charge on any atom is -0.253 e. The van der Waals surface area contributed by atoms with Crippen molar-refractivity contribution >= 4 is 22.4 Å². The van der Waals surface area contributed by atoms with E-state index in [1.165, 1.54) is 0 Å². The minimum atomic E-state index is -1.16. The lowest BCUT2D eigenvalue weighted by molar-refractivity contribution is 0.680. The van der Waals surface area contributed by atoms with Crippen molar-refractivity contribution in [1.82, 2.24) is 0 Å². The van der Waals surface area contributed by atoms with Crippen LogP contribution >= 0.6 is 11.6 Å². The largest absolute Gasteiger partial charge is 0.253 e. The quantitative estimate of drug-likeness (QED) is 0.771. The summed E-state index contributed by atoms with van der Waals surface area (Å²) in [5.41, 5.74) is 1.11. The van der Waals surface area contributed by atoms with Gasteiger partial charge in [0.2, 0.25) is 0 Å². The summed E-state index contributed by atoms with van der Waals surface area (Å²) in [7, 11) is -1.16. The van der Waals surface area contributed by atoms with Gasteiger partial charge >= 0.3 is 0 Å². The van der Waals surface area contributed by atoms with Crippen LogP contribution in [0.1, 0.15) is 5.56 Å². The number of hydrogen-bond acceptors (Lipinski definition) is 1. The molecule has 0 aliphatic carbocycles. The number of rotatable bonds is 4. The molecule has 17 heavy (non-hydrogen) atoms. The van der Waals surface area contributed by atoms with Crippen LogP contribution in [0.5, 0.6) is 0 Å². The van der Waals surface area contributed by atoms with Crippen LogP contribution in [0.2, 0.25) is 0 Å². The van der Waals surface area contributed by atoms with Gasteiger partial charge in [-0.15, -0.1) is 11.6 Å². The highest BCUT2D eigenvalue weighted by Gasteiger charge is 2.15. The number of hydrogen-bond donors (Lipinski definition) is 0. The van der Waals surface area contributed by atoms with Crippen molar-refractivity contribution in [2.24, 2.45) is 0 Å². The molecule has 0 aliphatic heterocycles. The predicted octanol–water partition coefficient (Wildman–Crippen LogP) is 3.60. The van der Waals surface area contributed by atoms with Gasteiger partial charge in [0.15, 0.2) is 0 Å². The minimum absolute atomic E-state index is 0.389. The van der Waals surface area contributed by atoms with Crippen LogP contribution in [0.25, 0.3) is 0 Å². The van der Waals surface area contributed by atoms with E-state index in [2.05, 4.69) is 0 Å². The molecule has 1 nitrogen and oxygen atoms in total. The maximum atomic E-state index is 12.1. The first-order valence-electron chi connectivity index (χ1n) is 5.41. The van der Waals surface area contributed by atoms with Crippen molar-refractivity contribution in [3.63, 3.8) is 0 Å². The Morgan fingerprint density at radius 2 is 1.47 bits per heavy atom. The molecule has 0 amide bonds. The third-order valence-corrected chi connectivity index (χ3v) is 4.45. The summed E-state index contributed by atoms with van der Waals surface area (Å²) in [5.74, 6) is 0. The molecule has 0 bridgehead atoms. The maximum Gasteiger partial charge on any atom is 0.117 e. The van der Waals surface area contributed by atoms with E-state index in [4.69, 9.17) is 11.6 Å². The topological polar surface area (TPSA) is 17.1 Å². The van der Waals surface area contributed by atoms with E-state index in [0.29, 0.717) is 6.42 Å². The van der Waals surface area contributed by atoms with Crippen LogP contribution < -0.4 is 0 Å². The Bertz CT molecular complexity index is 484. The van der Waals surface area contributed by atoms with Crippen molar-refractivity contribution < 1.29 is 4.21 Å². The van der Waals surface area contributed by atoms with Gasteiger partial charge < -0.3 is 0 Å². The molecule has 0 heterocycles. The summed E-state index contributed by atoms with van der Waals surface area (Å²) in [6, 6.07) is 19.2. The second-order valence-electron chi connectivity index (χ2n) is 3.71. The first-order valence-corrected chi connectivity index (χ1v) is 7.06. The molecule has 2 rings (SSSR count). The normalized spacial score (nSPS) is 14.2. The molecule has 88 valence electrons. The van der Waals surface area contributed by atoms with Crippen LogP contribution in [0.3, 0.4) is 0 Å². The Balaban J connectivity index is 2.06. The van der Waals surface area contributed by atoms with Crippen LogP contribution in [-0.2, 0) is 17.2 Å². The number of benzene rings is 2. The molecular weight excluding hydrogens is 252 g/mol. The van der Waals surface area contributed by atoms with E-state index < -0.39 is 10.8 Å². The van der Waals surface area contributed by atoms with Crippen molar-refractivity contribution in [2.45, 2.75) is 16.0 Å². The van der Waals surface area contributed by atoms with Gasteiger partial charge in [-0.25, -0.2) is 0 Å². The molecule has 2 aromatic carbocycles. The zero-order chi connectivity index (χ0) is 12.1. The molecule has 3 heteroatoms. The van der Waals surface area contributed by atoms with Gasteiger partial charge in [0.25, 0.3) is 0 Å². The molecule has 0 aromatic heterocycles. The molecule has 0 aliphatic rings. The van der Waals surface area contributed by atoms with E-state index in [1.54, 1.807) is 0 Å². The molecule has 0 saturated heterocycles. The highest BCUT2D eigenvalue weighted by atomic mass is 35.5. The predicted molar refractivity (Wildman–Crippen MR) is 72.6 cm³/mol. The third kappa shape index (κ3) is 3.42. The average Bonchev–Trinajstić information content (AvgIpc) is 2.40. The molecule has 0 fully saturated rings. The molecule has 2 unspecified atom stereocenters. The maximum absolute atomic E-state index is 12.1. The molecule has 0 N–H and O–H groups in total. The number of alkyl halides is 1. The fourth-order valence-electron chi connectivity index (χ4n) is 1.58. The monoisotopic (exact) mass is 264 g/mol. The van der Waals surface area contributed by atoms with E-state index in [1.807, 2.05) is 60.7 Å². The van der Waals surface area contributed by atoms with Crippen LogP contribution in [0, 0.1) is 0 Å². The smallest absolute Gasteiger partial charge is 0.117 e. The second kappa shape index (κ2) is 5.99. The zero-order valence-corrected chi connectivity index (χ0v) is 10.8. The Morgan fingerprint density at radius 1 is 0.941 bits per heavy atom. The molecule has 0 radical (unpaired) electrons. The summed E-state index contributed by atoms with van der Waals surface area (Å²) in [6.45, 7) is 0. The lowest BCUT2D eigenvalue weighted by atomic mass is 10.2. The molecule has 2 atom stereocenters. The first-order chi connectivity index (χ1) is 8.27. The Kier molecular flexibility index (Phi) is 4.35. The standard InChI is InChI=1S/C14H13ClOS/c15-14(11-12-7-3-1-4-8-12)17(16)13-9-5-2-6-10-13/h1-10,14H,11H2. The summed E-state index contributed by atoms with van der Waals surface area (Å²) in [5, 5.41) is 0. The highest BCUT2D eigenvalue weighted by Crippen LogP contribution is 2.18. The van der Waals surface area contributed by atoms with Crippen molar-refractivity contribution in [1.29, 1.82) is 0 Å². The fourth-order valence-corrected chi connectivity index (χ4v) is 3.13. The molecular formula is C14H13ClOS. The number of halogens is 1. The third-order valence-electron chi connectivity index (χ3n) is 2.45. The van der Waals surface area contributed by atoms with Gasteiger partial charge in [-0.3, -0.25) is 4.21 Å². The average molecular weight is 265 g/mol. The van der Waals surface area contributed by atoms with Crippen molar-refractivity contribution in [3.8, 4) is 0 Å². The second-order valence-corrected chi connectivity index (χ2v) is 6.13. The molecule has 0 spiro atoms. The molecule has 2 aromatic rings. The summed E-state index contributed by atoms with van der Waals surface area (Å²) >= 11 is 6.20. The van der Waals surface area contributed by atoms with Gasteiger partial charge in [-0.05, 0) is 17.7 Å². The summed E-state index contributed by atoms with van der Waals surface area (Å²) in [4.78, 5) is 0.781. The Labute approximate surface area is 109 Å². The van der Waals surface area contributed by atoms with Crippen molar-refractivity contribution in [3.05, 3.63) is 66.2 Å². The van der Waals surface area contributed by atoms with E-state index in [9.17, 15) is 4.21 Å². The van der Waals surface area contributed by atoms with Gasteiger partial charge in [0, 0.05) is 11.3 Å². The fraction of sp³-hybridized carbons (Fsp3) is 0.143. The van der Waals surface area contributed by atoms with Crippen LogP contribution in [0.15, 0.2) is 65.6 Å². The lowest BCUT2D eigenvalue weighted by Crippen LogP contribution is -2.11. The summed E-state index contributed by atoms with van der Waals surface area (Å²) < 4.78 is 11.7. The molecule has 0 saturated carbocycles. The Hall–Kier alpha value is -1.12. The first kappa shape index (κ1) is 12.3.